The summed E-state index contributed by atoms with van der Waals surface area (Å²) in [7, 11) is 0. The van der Waals surface area contributed by atoms with E-state index in [0.29, 0.717) is 0 Å². The van der Waals surface area contributed by atoms with Crippen molar-refractivity contribution in [3.63, 3.8) is 0 Å². The van der Waals surface area contributed by atoms with E-state index in [0.717, 1.165) is 5.02 Å². The van der Waals surface area contributed by atoms with Crippen molar-refractivity contribution in [2.24, 2.45) is 0 Å². The Morgan fingerprint density at radius 1 is 0.750 bits per heavy atom. The van der Waals surface area contributed by atoms with E-state index in [-0.39, 0.29) is 16.2 Å². The van der Waals surface area contributed by atoms with Gasteiger partial charge in [-0.25, -0.2) is 0 Å². The molecule has 2 aromatic carbocycles. The minimum absolute atomic E-state index is 0.0104. The van der Waals surface area contributed by atoms with Crippen LogP contribution in [0.2, 0.25) is 5.02 Å². The Morgan fingerprint density at radius 2 is 1.33 bits per heavy atom. The number of benzene rings is 2. The first-order valence-electron chi connectivity index (χ1n) is 8.83. The molecular weight excluding hydrogens is 312 g/mol. The third-order valence-electron chi connectivity index (χ3n) is 5.44. The fourth-order valence-corrected chi connectivity index (χ4v) is 4.24. The minimum atomic E-state index is 0.0104. The lowest BCUT2D eigenvalue weighted by atomic mass is 9.77. The van der Waals surface area contributed by atoms with E-state index in [1.54, 1.807) is 0 Å². The zero-order chi connectivity index (χ0) is 18.1. The van der Waals surface area contributed by atoms with Crippen LogP contribution < -0.4 is 0 Å². The molecule has 0 heterocycles. The number of hydrogen-bond acceptors (Lipinski definition) is 0. The van der Waals surface area contributed by atoms with Crippen LogP contribution >= 0.6 is 11.6 Å². The highest BCUT2D eigenvalue weighted by Gasteiger charge is 2.37. The molecule has 0 bridgehead atoms. The number of halogens is 1. The molecule has 128 valence electrons. The fraction of sp³-hybridized carbons (Fsp3) is 0.478. The number of hydrogen-bond donors (Lipinski definition) is 0. The van der Waals surface area contributed by atoms with E-state index in [1.807, 2.05) is 0 Å². The molecule has 0 atom stereocenters. The summed E-state index contributed by atoms with van der Waals surface area (Å²) in [4.78, 5) is 0. The lowest BCUT2D eigenvalue weighted by molar-refractivity contribution is 0.580. The Hall–Kier alpha value is -1.27. The molecule has 24 heavy (non-hydrogen) atoms. The molecule has 0 spiro atoms. The summed E-state index contributed by atoms with van der Waals surface area (Å²) in [6, 6.07) is 11.5. The first-order valence-corrected chi connectivity index (χ1v) is 9.21. The minimum Gasteiger partial charge on any atom is -0.0840 e. The molecule has 0 unspecified atom stereocenters. The predicted octanol–water partition coefficient (Wildman–Crippen LogP) is 7.24. The lowest BCUT2D eigenvalue weighted by Crippen LogP contribution is -2.19. The van der Waals surface area contributed by atoms with Crippen LogP contribution in [-0.2, 0) is 16.2 Å². The average molecular weight is 341 g/mol. The van der Waals surface area contributed by atoms with E-state index in [1.165, 1.54) is 33.4 Å². The topological polar surface area (TPSA) is 0 Å². The van der Waals surface area contributed by atoms with Crippen molar-refractivity contribution in [1.82, 2.24) is 0 Å². The van der Waals surface area contributed by atoms with Gasteiger partial charge in [0.15, 0.2) is 0 Å². The SMILES string of the molecule is CC(C)(C)c1ccc2c(c1)C(C)(C)c1cc(C(C)(C)C)c(Cl)cc1-2. The molecule has 1 aliphatic carbocycles. The second-order valence-corrected chi connectivity index (χ2v) is 10.2. The van der Waals surface area contributed by atoms with Gasteiger partial charge in [0.2, 0.25) is 0 Å². The molecule has 0 amide bonds. The van der Waals surface area contributed by atoms with Gasteiger partial charge in [-0.3, -0.25) is 0 Å². The van der Waals surface area contributed by atoms with Gasteiger partial charge >= 0.3 is 0 Å². The molecule has 2 aromatic rings. The smallest absolute Gasteiger partial charge is 0.0449 e. The summed E-state index contributed by atoms with van der Waals surface area (Å²) < 4.78 is 0. The standard InChI is InChI=1S/C23H29Cl/c1-21(2,3)14-9-10-15-16-12-20(24)19(22(4,5)6)13-18(16)23(7,8)17(15)11-14/h9-13H,1-8H3. The zero-order valence-electron chi connectivity index (χ0n) is 16.3. The van der Waals surface area contributed by atoms with Crippen molar-refractivity contribution in [2.45, 2.75) is 71.6 Å². The van der Waals surface area contributed by atoms with E-state index >= 15 is 0 Å². The Labute approximate surface area is 152 Å². The van der Waals surface area contributed by atoms with E-state index in [2.05, 4.69) is 85.7 Å². The highest BCUT2D eigenvalue weighted by atomic mass is 35.5. The Morgan fingerprint density at radius 3 is 1.88 bits per heavy atom. The van der Waals surface area contributed by atoms with Crippen molar-refractivity contribution < 1.29 is 0 Å². The maximum atomic E-state index is 6.66. The van der Waals surface area contributed by atoms with E-state index in [9.17, 15) is 0 Å². The Balaban J connectivity index is 2.27. The predicted molar refractivity (Wildman–Crippen MR) is 106 cm³/mol. The molecule has 0 fully saturated rings. The average Bonchev–Trinajstić information content (AvgIpc) is 2.64. The van der Waals surface area contributed by atoms with Gasteiger partial charge in [-0.1, -0.05) is 91.3 Å². The van der Waals surface area contributed by atoms with Crippen molar-refractivity contribution in [3.8, 4) is 11.1 Å². The van der Waals surface area contributed by atoms with Gasteiger partial charge in [-0.05, 0) is 50.3 Å². The third-order valence-corrected chi connectivity index (χ3v) is 5.75. The fourth-order valence-electron chi connectivity index (χ4n) is 3.80. The van der Waals surface area contributed by atoms with Crippen LogP contribution in [-0.4, -0.2) is 0 Å². The largest absolute Gasteiger partial charge is 0.0840 e. The summed E-state index contributed by atoms with van der Waals surface area (Å²) in [5, 5.41) is 0.879. The molecule has 0 aliphatic heterocycles. The summed E-state index contributed by atoms with van der Waals surface area (Å²) in [5.74, 6) is 0. The van der Waals surface area contributed by atoms with Crippen LogP contribution in [0.15, 0.2) is 30.3 Å². The van der Waals surface area contributed by atoms with Crippen LogP contribution in [0.1, 0.15) is 77.6 Å². The van der Waals surface area contributed by atoms with Gasteiger partial charge in [-0.2, -0.15) is 0 Å². The number of rotatable bonds is 0. The first kappa shape index (κ1) is 17.5. The van der Waals surface area contributed by atoms with Gasteiger partial charge in [0.05, 0.1) is 0 Å². The van der Waals surface area contributed by atoms with Crippen LogP contribution in [0.25, 0.3) is 11.1 Å². The van der Waals surface area contributed by atoms with Crippen molar-refractivity contribution in [2.75, 3.05) is 0 Å². The number of fused-ring (bicyclic) bond motifs is 3. The summed E-state index contributed by atoms with van der Waals surface area (Å²) in [5.41, 5.74) is 8.31. The Kier molecular flexibility index (Phi) is 3.74. The van der Waals surface area contributed by atoms with Gasteiger partial charge in [0.25, 0.3) is 0 Å². The van der Waals surface area contributed by atoms with E-state index < -0.39 is 0 Å². The van der Waals surface area contributed by atoms with Crippen LogP contribution in [0.5, 0.6) is 0 Å². The molecule has 0 saturated carbocycles. The molecule has 1 aliphatic rings. The van der Waals surface area contributed by atoms with Gasteiger partial charge in [-0.15, -0.1) is 0 Å². The summed E-state index contributed by atoms with van der Waals surface area (Å²) in [6.45, 7) is 18.2. The molecular formula is C23H29Cl. The molecule has 0 N–H and O–H groups in total. The Bertz CT molecular complexity index is 811. The van der Waals surface area contributed by atoms with Crippen molar-refractivity contribution in [3.05, 3.63) is 57.6 Å². The molecule has 0 radical (unpaired) electrons. The molecule has 3 rings (SSSR count). The first-order chi connectivity index (χ1) is 10.8. The summed E-state index contributed by atoms with van der Waals surface area (Å²) >= 11 is 6.66. The maximum Gasteiger partial charge on any atom is 0.0449 e. The monoisotopic (exact) mass is 340 g/mol. The van der Waals surface area contributed by atoms with Gasteiger partial charge in [0, 0.05) is 10.4 Å². The molecule has 0 aromatic heterocycles. The molecule has 0 nitrogen and oxygen atoms in total. The van der Waals surface area contributed by atoms with Gasteiger partial charge < -0.3 is 0 Å². The summed E-state index contributed by atoms with van der Waals surface area (Å²) in [6.07, 6.45) is 0. The molecule has 1 heteroatoms. The normalized spacial score (nSPS) is 16.0. The van der Waals surface area contributed by atoms with Crippen LogP contribution in [0, 0.1) is 0 Å². The highest BCUT2D eigenvalue weighted by molar-refractivity contribution is 6.32. The van der Waals surface area contributed by atoms with Crippen molar-refractivity contribution >= 4 is 11.6 Å². The van der Waals surface area contributed by atoms with Crippen LogP contribution in [0.4, 0.5) is 0 Å². The second-order valence-electron chi connectivity index (χ2n) is 9.76. The lowest BCUT2D eigenvalue weighted by Gasteiger charge is -2.27. The zero-order valence-corrected chi connectivity index (χ0v) is 17.0. The van der Waals surface area contributed by atoms with Crippen LogP contribution in [0.3, 0.4) is 0 Å². The maximum absolute atomic E-state index is 6.66. The van der Waals surface area contributed by atoms with Crippen molar-refractivity contribution in [1.29, 1.82) is 0 Å². The quantitative estimate of drug-likeness (QED) is 0.474. The second kappa shape index (κ2) is 5.11. The van der Waals surface area contributed by atoms with E-state index in [4.69, 9.17) is 11.6 Å². The molecule has 0 saturated heterocycles. The third kappa shape index (κ3) is 2.60. The van der Waals surface area contributed by atoms with Gasteiger partial charge in [0.1, 0.15) is 0 Å². The highest BCUT2D eigenvalue weighted by Crippen LogP contribution is 2.51.